The van der Waals surface area contributed by atoms with E-state index in [1.54, 1.807) is 6.92 Å². The summed E-state index contributed by atoms with van der Waals surface area (Å²) < 4.78 is 0. The van der Waals surface area contributed by atoms with E-state index in [4.69, 9.17) is 0 Å². The van der Waals surface area contributed by atoms with Gasteiger partial charge in [-0.05, 0) is 57.6 Å². The predicted molar refractivity (Wildman–Crippen MR) is 107 cm³/mol. The zero-order valence-electron chi connectivity index (χ0n) is 16.8. The van der Waals surface area contributed by atoms with Gasteiger partial charge < -0.3 is 4.90 Å². The molecule has 0 bridgehead atoms. The van der Waals surface area contributed by atoms with Crippen LogP contribution in [0.5, 0.6) is 0 Å². The number of nitrogens with zero attached hydrogens (tertiary/aromatic N) is 3. The molecule has 1 aromatic carbocycles. The van der Waals surface area contributed by atoms with Crippen LogP contribution in [0.4, 0.5) is 10.5 Å². The fraction of sp³-hybridized carbons (Fsp3) is 0.591. The zero-order valence-corrected chi connectivity index (χ0v) is 16.8. The minimum absolute atomic E-state index is 0.0868. The quantitative estimate of drug-likeness (QED) is 0.752. The summed E-state index contributed by atoms with van der Waals surface area (Å²) in [7, 11) is 0. The molecule has 1 aromatic rings. The third kappa shape index (κ3) is 3.29. The number of imide groups is 1. The van der Waals surface area contributed by atoms with Crippen LogP contribution in [-0.4, -0.2) is 52.8 Å². The minimum atomic E-state index is -0.591. The molecule has 0 aromatic heterocycles. The number of fused-ring (bicyclic) bond motifs is 1. The number of likely N-dealkylation sites (tertiary alicyclic amines) is 1. The largest absolute Gasteiger partial charge is 0.338 e. The molecular formula is C22H29N3O3. The molecule has 1 aliphatic carbocycles. The maximum atomic E-state index is 13.1. The van der Waals surface area contributed by atoms with Gasteiger partial charge in [0, 0.05) is 18.3 Å². The molecule has 0 unspecified atom stereocenters. The molecule has 6 nitrogen and oxygen atoms in total. The van der Waals surface area contributed by atoms with Crippen LogP contribution in [0.3, 0.4) is 0 Å². The van der Waals surface area contributed by atoms with Crippen LogP contribution < -0.4 is 4.90 Å². The van der Waals surface area contributed by atoms with E-state index in [2.05, 4.69) is 0 Å². The van der Waals surface area contributed by atoms with E-state index in [0.29, 0.717) is 11.6 Å². The number of hydrogen-bond donors (Lipinski definition) is 0. The van der Waals surface area contributed by atoms with Gasteiger partial charge in [0.2, 0.25) is 5.91 Å². The van der Waals surface area contributed by atoms with Crippen LogP contribution in [0.2, 0.25) is 0 Å². The third-order valence-electron chi connectivity index (χ3n) is 6.62. The number of rotatable bonds is 3. The molecule has 3 fully saturated rings. The fourth-order valence-electron chi connectivity index (χ4n) is 5.07. The fourth-order valence-corrected chi connectivity index (χ4v) is 5.07. The normalized spacial score (nSPS) is 27.9. The summed E-state index contributed by atoms with van der Waals surface area (Å²) in [6.07, 6.45) is 6.84. The van der Waals surface area contributed by atoms with Gasteiger partial charge in [-0.25, -0.2) is 4.79 Å². The van der Waals surface area contributed by atoms with E-state index in [-0.39, 0.29) is 24.4 Å². The summed E-state index contributed by atoms with van der Waals surface area (Å²) in [5, 5.41) is 0. The third-order valence-corrected chi connectivity index (χ3v) is 6.62. The number of piperidine rings is 1. The molecule has 4 rings (SSSR count). The molecule has 3 atom stereocenters. The molecule has 0 radical (unpaired) electrons. The Hall–Kier alpha value is -2.37. The van der Waals surface area contributed by atoms with Crippen molar-refractivity contribution in [2.24, 2.45) is 5.92 Å². The van der Waals surface area contributed by atoms with Gasteiger partial charge in [-0.2, -0.15) is 0 Å². The number of benzene rings is 1. The number of aryl methyl sites for hydroxylation is 1. The lowest BCUT2D eigenvalue weighted by Gasteiger charge is -2.44. The van der Waals surface area contributed by atoms with Crippen LogP contribution in [0.25, 0.3) is 0 Å². The Balaban J connectivity index is 1.49. The monoisotopic (exact) mass is 383 g/mol. The number of anilines is 1. The van der Waals surface area contributed by atoms with Crippen molar-refractivity contribution < 1.29 is 14.4 Å². The Morgan fingerprint density at radius 1 is 1.04 bits per heavy atom. The summed E-state index contributed by atoms with van der Waals surface area (Å²) in [5.41, 5.74) is 1.78. The van der Waals surface area contributed by atoms with E-state index in [0.717, 1.165) is 36.3 Å². The summed E-state index contributed by atoms with van der Waals surface area (Å²) in [6, 6.07) is 6.83. The Labute approximate surface area is 166 Å². The smallest absolute Gasteiger partial charge is 0.332 e. The number of carbonyl (C=O) groups excluding carboxylic acids is 3. The molecule has 150 valence electrons. The highest BCUT2D eigenvalue weighted by Gasteiger charge is 2.45. The van der Waals surface area contributed by atoms with Gasteiger partial charge in [0.05, 0.1) is 0 Å². The second kappa shape index (κ2) is 7.57. The molecule has 2 aliphatic heterocycles. The van der Waals surface area contributed by atoms with Crippen molar-refractivity contribution in [1.82, 2.24) is 9.80 Å². The topological polar surface area (TPSA) is 60.9 Å². The molecule has 2 saturated heterocycles. The summed E-state index contributed by atoms with van der Waals surface area (Å²) in [5.74, 6) is 0.201. The lowest BCUT2D eigenvalue weighted by Crippen LogP contribution is -2.53. The maximum absolute atomic E-state index is 13.1. The average molecular weight is 383 g/mol. The molecule has 3 aliphatic rings. The zero-order chi connectivity index (χ0) is 19.8. The van der Waals surface area contributed by atoms with Gasteiger partial charge in [0.25, 0.3) is 5.91 Å². The van der Waals surface area contributed by atoms with Gasteiger partial charge in [0.1, 0.15) is 12.6 Å². The van der Waals surface area contributed by atoms with Crippen LogP contribution in [0.15, 0.2) is 24.3 Å². The first-order valence-electron chi connectivity index (χ1n) is 10.5. The molecule has 6 heteroatoms. The molecule has 0 spiro atoms. The first kappa shape index (κ1) is 19.0. The highest BCUT2D eigenvalue weighted by molar-refractivity contribution is 6.15. The SMILES string of the molecule is Cc1ccc(N2C(=O)N(CC(=O)N3CCC[C@@H]4CCCC[C@@H]43)C(=O)[C@@H]2C)cc1. The van der Waals surface area contributed by atoms with Crippen LogP contribution in [-0.2, 0) is 9.59 Å². The Kier molecular flexibility index (Phi) is 5.13. The average Bonchev–Trinajstić information content (AvgIpc) is 2.91. The van der Waals surface area contributed by atoms with Crippen LogP contribution in [0, 0.1) is 12.8 Å². The van der Waals surface area contributed by atoms with Gasteiger partial charge >= 0.3 is 6.03 Å². The van der Waals surface area contributed by atoms with Gasteiger partial charge in [0.15, 0.2) is 0 Å². The predicted octanol–water partition coefficient (Wildman–Crippen LogP) is 3.33. The maximum Gasteiger partial charge on any atom is 0.332 e. The van der Waals surface area contributed by atoms with Gasteiger partial charge in [-0.3, -0.25) is 19.4 Å². The molecule has 0 N–H and O–H groups in total. The van der Waals surface area contributed by atoms with Crippen molar-refractivity contribution in [2.75, 3.05) is 18.0 Å². The number of amides is 4. The summed E-state index contributed by atoms with van der Waals surface area (Å²) >= 11 is 0. The Morgan fingerprint density at radius 3 is 2.46 bits per heavy atom. The summed E-state index contributed by atoms with van der Waals surface area (Å²) in [6.45, 7) is 4.30. The van der Waals surface area contributed by atoms with Crippen molar-refractivity contribution in [1.29, 1.82) is 0 Å². The number of urea groups is 1. The first-order valence-corrected chi connectivity index (χ1v) is 10.5. The van der Waals surface area contributed by atoms with E-state index < -0.39 is 12.1 Å². The molecule has 2 heterocycles. The molecule has 4 amide bonds. The van der Waals surface area contributed by atoms with Crippen molar-refractivity contribution in [3.8, 4) is 0 Å². The highest BCUT2D eigenvalue weighted by atomic mass is 16.2. The molecule has 28 heavy (non-hydrogen) atoms. The second-order valence-corrected chi connectivity index (χ2v) is 8.43. The van der Waals surface area contributed by atoms with Crippen molar-refractivity contribution in [2.45, 2.75) is 64.5 Å². The van der Waals surface area contributed by atoms with Crippen LogP contribution in [0.1, 0.15) is 51.0 Å². The van der Waals surface area contributed by atoms with E-state index in [1.807, 2.05) is 36.1 Å². The summed E-state index contributed by atoms with van der Waals surface area (Å²) in [4.78, 5) is 43.4. The highest BCUT2D eigenvalue weighted by Crippen LogP contribution is 2.35. The van der Waals surface area contributed by atoms with E-state index in [9.17, 15) is 14.4 Å². The molecular weight excluding hydrogens is 354 g/mol. The lowest BCUT2D eigenvalue weighted by molar-refractivity contribution is -0.141. The Bertz CT molecular complexity index is 774. The number of carbonyl (C=O) groups is 3. The van der Waals surface area contributed by atoms with Crippen LogP contribution >= 0.6 is 0 Å². The molecule has 1 saturated carbocycles. The minimum Gasteiger partial charge on any atom is -0.338 e. The number of hydrogen-bond acceptors (Lipinski definition) is 3. The standard InChI is InChI=1S/C22H29N3O3/c1-15-9-11-18(12-10-15)25-16(2)21(27)24(22(25)28)14-20(26)23-13-5-7-17-6-3-4-8-19(17)23/h9-12,16-17,19H,3-8,13-14H2,1-2H3/t16-,17-,19-/m0/s1. The second-order valence-electron chi connectivity index (χ2n) is 8.43. The van der Waals surface area contributed by atoms with Crippen molar-refractivity contribution >= 4 is 23.5 Å². The van der Waals surface area contributed by atoms with Crippen molar-refractivity contribution in [3.05, 3.63) is 29.8 Å². The van der Waals surface area contributed by atoms with Crippen molar-refractivity contribution in [3.63, 3.8) is 0 Å². The van der Waals surface area contributed by atoms with E-state index in [1.165, 1.54) is 24.2 Å². The van der Waals surface area contributed by atoms with Gasteiger partial charge in [-0.15, -0.1) is 0 Å². The first-order chi connectivity index (χ1) is 13.5. The van der Waals surface area contributed by atoms with Gasteiger partial charge in [-0.1, -0.05) is 30.5 Å². The van der Waals surface area contributed by atoms with E-state index >= 15 is 0 Å². The lowest BCUT2D eigenvalue weighted by atomic mass is 9.78. The Morgan fingerprint density at radius 2 is 1.71 bits per heavy atom.